The Hall–Kier alpha value is -2.86. The second kappa shape index (κ2) is 14.3. The fourth-order valence-corrected chi connectivity index (χ4v) is 6.06. The van der Waals surface area contributed by atoms with Crippen molar-refractivity contribution in [2.24, 2.45) is 23.7 Å². The lowest BCUT2D eigenvalue weighted by atomic mass is 9.83. The van der Waals surface area contributed by atoms with Gasteiger partial charge in [-0.25, -0.2) is 9.59 Å². The lowest BCUT2D eigenvalue weighted by molar-refractivity contribution is -0.339. The van der Waals surface area contributed by atoms with Crippen LogP contribution >= 0.6 is 0 Å². The third-order valence-corrected chi connectivity index (χ3v) is 8.38. The first-order valence-electron chi connectivity index (χ1n) is 13.7. The molecule has 240 valence electrons. The van der Waals surface area contributed by atoms with Crippen LogP contribution in [0.15, 0.2) is 47.0 Å². The Morgan fingerprint density at radius 3 is 1.84 bits per heavy atom. The van der Waals surface area contributed by atoms with Gasteiger partial charge in [-0.15, -0.1) is 0 Å². The predicted molar refractivity (Wildman–Crippen MR) is 141 cm³/mol. The Kier molecular flexibility index (Phi) is 11.0. The van der Waals surface area contributed by atoms with Gasteiger partial charge in [0.15, 0.2) is 6.29 Å². The highest BCUT2D eigenvalue weighted by Gasteiger charge is 2.50. The average Bonchev–Trinajstić information content (AvgIpc) is 3.67. The molecule has 43 heavy (non-hydrogen) atoms. The van der Waals surface area contributed by atoms with Crippen LogP contribution in [-0.2, 0) is 38.0 Å². The van der Waals surface area contributed by atoms with Crippen LogP contribution < -0.4 is 0 Å². The van der Waals surface area contributed by atoms with Crippen molar-refractivity contribution in [3.8, 4) is 0 Å². The first-order valence-corrected chi connectivity index (χ1v) is 13.7. The summed E-state index contributed by atoms with van der Waals surface area (Å²) in [6, 6.07) is 0. The van der Waals surface area contributed by atoms with Gasteiger partial charge in [0.05, 0.1) is 69.5 Å². The highest BCUT2D eigenvalue weighted by Crippen LogP contribution is 2.45. The molecule has 1 fully saturated rings. The van der Waals surface area contributed by atoms with Gasteiger partial charge in [0.1, 0.15) is 24.4 Å². The molecule has 0 aromatic heterocycles. The van der Waals surface area contributed by atoms with E-state index in [1.54, 1.807) is 6.08 Å². The average molecular weight is 615 g/mol. The maximum atomic E-state index is 12.0. The van der Waals surface area contributed by atoms with Gasteiger partial charge in [0.2, 0.25) is 12.6 Å². The highest BCUT2D eigenvalue weighted by molar-refractivity contribution is 5.89. The molecule has 15 nitrogen and oxygen atoms in total. The topological polar surface area (TPSA) is 231 Å². The number of esters is 2. The van der Waals surface area contributed by atoms with E-state index in [2.05, 4.69) is 4.74 Å². The molecule has 0 aromatic carbocycles. The minimum atomic E-state index is -1.59. The number of hydrogen-bond donors (Lipinski definition) is 7. The van der Waals surface area contributed by atoms with E-state index in [4.69, 9.17) is 28.8 Å². The van der Waals surface area contributed by atoms with Crippen molar-refractivity contribution in [1.82, 2.24) is 0 Å². The van der Waals surface area contributed by atoms with Crippen molar-refractivity contribution in [3.05, 3.63) is 47.0 Å². The van der Waals surface area contributed by atoms with Crippen LogP contribution in [0.1, 0.15) is 12.8 Å². The lowest BCUT2D eigenvalue weighted by Gasteiger charge is -2.42. The molecular weight excluding hydrogens is 576 g/mol. The number of hydrogen-bond acceptors (Lipinski definition) is 15. The summed E-state index contributed by atoms with van der Waals surface area (Å²) in [7, 11) is 2.56. The van der Waals surface area contributed by atoms with Crippen molar-refractivity contribution in [2.75, 3.05) is 34.0 Å². The van der Waals surface area contributed by atoms with Gasteiger partial charge < -0.3 is 64.2 Å². The van der Waals surface area contributed by atoms with Gasteiger partial charge in [0, 0.05) is 11.8 Å². The standard InChI is InChI=1S/C17H24O10.C11H14O5/c1-24-15(23)9-6-25-16(11-7(4-18)2-3-8(9)11)27-17-14(22)13(21)12(20)10(5-19)26-17;1-15-10(13)8-5-16-11(14)9-6(4-12)2-3-7(8)9/h2,6,8,10-14,16-22H,3-5H2,1H3;2,5,7,9,11-12,14H,3-4H2,1H3/t8-,10-,11-,12-,13+,14-,16+,17?;7-,9-,11-/m11/s1. The number of aliphatic hydroxyl groups excluding tert-OH is 7. The summed E-state index contributed by atoms with van der Waals surface area (Å²) in [5, 5.41) is 67.6. The first kappa shape index (κ1) is 33.0. The van der Waals surface area contributed by atoms with E-state index in [-0.39, 0.29) is 31.0 Å². The molecule has 0 radical (unpaired) electrons. The third kappa shape index (κ3) is 6.50. The van der Waals surface area contributed by atoms with Gasteiger partial charge in [-0.05, 0) is 24.0 Å². The summed E-state index contributed by atoms with van der Waals surface area (Å²) in [6.07, 6.45) is -2.03. The number of carbonyl (C=O) groups excluding carboxylic acids is 2. The summed E-state index contributed by atoms with van der Waals surface area (Å²) in [5.41, 5.74) is 2.03. The van der Waals surface area contributed by atoms with Crippen molar-refractivity contribution < 1.29 is 73.8 Å². The van der Waals surface area contributed by atoms with E-state index in [0.29, 0.717) is 35.1 Å². The van der Waals surface area contributed by atoms with Gasteiger partial charge in [-0.1, -0.05) is 12.2 Å². The molecule has 5 aliphatic rings. The molecule has 2 aliphatic carbocycles. The monoisotopic (exact) mass is 614 g/mol. The Labute approximate surface area is 246 Å². The molecule has 7 N–H and O–H groups in total. The number of rotatable bonds is 7. The summed E-state index contributed by atoms with van der Waals surface area (Å²) in [4.78, 5) is 23.4. The second-order valence-corrected chi connectivity index (χ2v) is 10.6. The normalized spacial score (nSPS) is 37.9. The lowest BCUT2D eigenvalue weighted by Crippen LogP contribution is -2.60. The quantitative estimate of drug-likeness (QED) is 0.118. The molecule has 0 amide bonds. The molecular formula is C28H38O15. The third-order valence-electron chi connectivity index (χ3n) is 8.38. The second-order valence-electron chi connectivity index (χ2n) is 10.6. The van der Waals surface area contributed by atoms with Crippen molar-refractivity contribution in [1.29, 1.82) is 0 Å². The number of carbonyl (C=O) groups is 2. The fraction of sp³-hybridized carbons (Fsp3) is 0.643. The van der Waals surface area contributed by atoms with Crippen LogP contribution in [0.5, 0.6) is 0 Å². The maximum Gasteiger partial charge on any atom is 0.337 e. The first-order chi connectivity index (χ1) is 20.6. The van der Waals surface area contributed by atoms with Gasteiger partial charge in [-0.3, -0.25) is 0 Å². The molecule has 1 unspecified atom stereocenters. The highest BCUT2D eigenvalue weighted by atomic mass is 16.8. The zero-order chi connectivity index (χ0) is 31.4. The van der Waals surface area contributed by atoms with Crippen LogP contribution in [0.2, 0.25) is 0 Å². The van der Waals surface area contributed by atoms with Gasteiger partial charge in [0.25, 0.3) is 0 Å². The largest absolute Gasteiger partial charge is 0.472 e. The molecule has 0 spiro atoms. The van der Waals surface area contributed by atoms with Crippen LogP contribution in [0, 0.1) is 23.7 Å². The number of ether oxygens (including phenoxy) is 6. The van der Waals surface area contributed by atoms with E-state index in [0.717, 1.165) is 0 Å². The van der Waals surface area contributed by atoms with Crippen molar-refractivity contribution in [3.63, 3.8) is 0 Å². The molecule has 3 heterocycles. The minimum absolute atomic E-state index is 0.129. The molecule has 5 rings (SSSR count). The van der Waals surface area contributed by atoms with E-state index in [9.17, 15) is 40.2 Å². The predicted octanol–water partition coefficient (Wildman–Crippen LogP) is -2.28. The molecule has 3 aliphatic heterocycles. The zero-order valence-electron chi connectivity index (χ0n) is 23.6. The Balaban J connectivity index is 0.000000225. The summed E-state index contributed by atoms with van der Waals surface area (Å²) in [5.74, 6) is -2.37. The van der Waals surface area contributed by atoms with E-state index < -0.39 is 67.7 Å². The van der Waals surface area contributed by atoms with E-state index >= 15 is 0 Å². The van der Waals surface area contributed by atoms with E-state index in [1.165, 1.54) is 26.7 Å². The van der Waals surface area contributed by atoms with Gasteiger partial charge >= 0.3 is 11.9 Å². The Morgan fingerprint density at radius 1 is 0.767 bits per heavy atom. The Morgan fingerprint density at radius 2 is 1.30 bits per heavy atom. The number of aliphatic hydroxyl groups is 7. The number of methoxy groups -OCH3 is 2. The molecule has 15 heteroatoms. The minimum Gasteiger partial charge on any atom is -0.472 e. The van der Waals surface area contributed by atoms with Crippen LogP contribution in [0.25, 0.3) is 0 Å². The molecule has 0 saturated carbocycles. The van der Waals surface area contributed by atoms with Crippen LogP contribution in [0.3, 0.4) is 0 Å². The van der Waals surface area contributed by atoms with Crippen LogP contribution in [-0.4, -0.2) is 125 Å². The maximum absolute atomic E-state index is 12.0. The summed E-state index contributed by atoms with van der Waals surface area (Å²) >= 11 is 0. The van der Waals surface area contributed by atoms with Crippen molar-refractivity contribution >= 4 is 11.9 Å². The smallest absolute Gasteiger partial charge is 0.337 e. The Bertz CT molecular complexity index is 1140. The van der Waals surface area contributed by atoms with Crippen LogP contribution in [0.4, 0.5) is 0 Å². The number of allylic oxidation sites excluding steroid dienone is 2. The van der Waals surface area contributed by atoms with Crippen molar-refractivity contribution in [2.45, 2.75) is 56.1 Å². The molecule has 11 atom stereocenters. The molecule has 1 saturated heterocycles. The van der Waals surface area contributed by atoms with E-state index in [1.807, 2.05) is 6.08 Å². The summed E-state index contributed by atoms with van der Waals surface area (Å²) < 4.78 is 30.9. The fourth-order valence-electron chi connectivity index (χ4n) is 6.06. The SMILES string of the molecule is COC(=O)C1=CO[C@@H](O)[C@@H]2C(CO)=CC[C@H]12.COC(=O)C1=CO[C@@H](OC2O[C@H](CO)[C@@H](O)[C@H](O)[C@H]2O)[C@@H]2C(CO)=CC[C@H]12. The van der Waals surface area contributed by atoms with Gasteiger partial charge in [-0.2, -0.15) is 0 Å². The zero-order valence-corrected chi connectivity index (χ0v) is 23.6. The molecule has 0 aromatic rings. The molecule has 0 bridgehead atoms. The number of fused-ring (bicyclic) bond motifs is 2. The summed E-state index contributed by atoms with van der Waals surface area (Å²) in [6.45, 7) is -0.986.